The van der Waals surface area contributed by atoms with Crippen LogP contribution in [0.5, 0.6) is 0 Å². The van der Waals surface area contributed by atoms with Gasteiger partial charge in [0.15, 0.2) is 0 Å². The minimum atomic E-state index is 0.630. The van der Waals surface area contributed by atoms with Gasteiger partial charge >= 0.3 is 0 Å². The van der Waals surface area contributed by atoms with Crippen molar-refractivity contribution in [3.63, 3.8) is 0 Å². The fourth-order valence-electron chi connectivity index (χ4n) is 1.52. The Morgan fingerprint density at radius 1 is 1.54 bits per heavy atom. The van der Waals surface area contributed by atoms with Gasteiger partial charge in [0, 0.05) is 12.6 Å². The summed E-state index contributed by atoms with van der Waals surface area (Å²) in [5, 5.41) is 0. The van der Waals surface area contributed by atoms with Crippen molar-refractivity contribution >= 4 is 0 Å². The fourth-order valence-corrected chi connectivity index (χ4v) is 1.52. The minimum Gasteiger partial charge on any atom is -0.330 e. The first kappa shape index (κ1) is 12.7. The fraction of sp³-hybridized carbons (Fsp3) is 0.818. The molecule has 0 bridgehead atoms. The third-order valence-corrected chi connectivity index (χ3v) is 2.33. The van der Waals surface area contributed by atoms with Crippen molar-refractivity contribution in [2.24, 2.45) is 5.73 Å². The third kappa shape index (κ3) is 5.83. The van der Waals surface area contributed by atoms with E-state index in [0.717, 1.165) is 26.1 Å². The van der Waals surface area contributed by atoms with E-state index in [0.29, 0.717) is 6.04 Å². The Kier molecular flexibility index (Phi) is 6.92. The molecule has 0 aliphatic heterocycles. The molecule has 0 aliphatic carbocycles. The molecular formula is C11H24N2. The van der Waals surface area contributed by atoms with Gasteiger partial charge in [0.05, 0.1) is 0 Å². The predicted octanol–water partition coefficient (Wildman–Crippen LogP) is 2.01. The first-order valence-electron chi connectivity index (χ1n) is 5.20. The monoisotopic (exact) mass is 184 g/mol. The lowest BCUT2D eigenvalue weighted by Gasteiger charge is -2.27. The van der Waals surface area contributed by atoms with Crippen LogP contribution in [0.25, 0.3) is 0 Å². The van der Waals surface area contributed by atoms with Gasteiger partial charge in [0.1, 0.15) is 0 Å². The van der Waals surface area contributed by atoms with E-state index in [9.17, 15) is 0 Å². The molecule has 2 N–H and O–H groups in total. The summed E-state index contributed by atoms with van der Waals surface area (Å²) in [4.78, 5) is 2.44. The van der Waals surface area contributed by atoms with Gasteiger partial charge in [0.25, 0.3) is 0 Å². The predicted molar refractivity (Wildman–Crippen MR) is 59.8 cm³/mol. The van der Waals surface area contributed by atoms with Gasteiger partial charge in [-0.1, -0.05) is 19.1 Å². The summed E-state index contributed by atoms with van der Waals surface area (Å²) in [7, 11) is 0. The maximum absolute atomic E-state index is 5.48. The Morgan fingerprint density at radius 2 is 2.15 bits per heavy atom. The summed E-state index contributed by atoms with van der Waals surface area (Å²) in [6.07, 6.45) is 2.31. The highest BCUT2D eigenvalue weighted by Crippen LogP contribution is 2.07. The normalized spacial score (nSPS) is 13.3. The number of rotatable bonds is 7. The molecule has 0 radical (unpaired) electrons. The Morgan fingerprint density at radius 3 is 2.54 bits per heavy atom. The topological polar surface area (TPSA) is 29.3 Å². The number of nitrogens with zero attached hydrogens (tertiary/aromatic N) is 1. The van der Waals surface area contributed by atoms with E-state index in [4.69, 9.17) is 5.73 Å². The van der Waals surface area contributed by atoms with Crippen molar-refractivity contribution in [1.29, 1.82) is 0 Å². The van der Waals surface area contributed by atoms with Crippen molar-refractivity contribution in [2.45, 2.75) is 39.7 Å². The summed E-state index contributed by atoms with van der Waals surface area (Å²) in [6, 6.07) is 0.630. The second kappa shape index (κ2) is 7.10. The van der Waals surface area contributed by atoms with Crippen LogP contribution >= 0.6 is 0 Å². The zero-order valence-electron chi connectivity index (χ0n) is 9.34. The molecule has 0 aromatic heterocycles. The molecule has 0 saturated carbocycles. The highest BCUT2D eigenvalue weighted by atomic mass is 15.1. The highest BCUT2D eigenvalue weighted by Gasteiger charge is 2.10. The van der Waals surface area contributed by atoms with Crippen LogP contribution in [0, 0.1) is 0 Å². The van der Waals surface area contributed by atoms with Crippen molar-refractivity contribution in [2.75, 3.05) is 19.6 Å². The molecule has 0 amide bonds. The van der Waals surface area contributed by atoms with Crippen LogP contribution in [0.3, 0.4) is 0 Å². The standard InChI is InChI=1S/C11H24N2/c1-5-13(9-10(2)3)11(4)7-6-8-12/h11H,2,5-9,12H2,1,3-4H3. The molecule has 0 aromatic carbocycles. The second-order valence-electron chi connectivity index (χ2n) is 3.80. The van der Waals surface area contributed by atoms with E-state index in [1.54, 1.807) is 0 Å². The molecule has 0 rings (SSSR count). The quantitative estimate of drug-likeness (QED) is 0.613. The third-order valence-electron chi connectivity index (χ3n) is 2.33. The van der Waals surface area contributed by atoms with Crippen LogP contribution in [0.2, 0.25) is 0 Å². The van der Waals surface area contributed by atoms with Crippen LogP contribution in [0.15, 0.2) is 12.2 Å². The Balaban J connectivity index is 3.84. The van der Waals surface area contributed by atoms with Crippen LogP contribution < -0.4 is 5.73 Å². The highest BCUT2D eigenvalue weighted by molar-refractivity contribution is 4.92. The summed E-state index contributed by atoms with van der Waals surface area (Å²) < 4.78 is 0. The average Bonchev–Trinajstić information content (AvgIpc) is 2.09. The number of nitrogens with two attached hydrogens (primary N) is 1. The van der Waals surface area contributed by atoms with E-state index in [1.807, 2.05) is 0 Å². The summed E-state index contributed by atoms with van der Waals surface area (Å²) >= 11 is 0. The maximum Gasteiger partial charge on any atom is 0.0190 e. The van der Waals surface area contributed by atoms with Crippen molar-refractivity contribution < 1.29 is 0 Å². The SMILES string of the molecule is C=C(C)CN(CC)C(C)CCCN. The van der Waals surface area contributed by atoms with Crippen LogP contribution in [-0.2, 0) is 0 Å². The first-order valence-corrected chi connectivity index (χ1v) is 5.20. The molecule has 2 nitrogen and oxygen atoms in total. The lowest BCUT2D eigenvalue weighted by Crippen LogP contribution is -2.34. The molecule has 1 unspecified atom stereocenters. The van der Waals surface area contributed by atoms with Crippen LogP contribution in [0.1, 0.15) is 33.6 Å². The number of hydrogen-bond donors (Lipinski definition) is 1. The van der Waals surface area contributed by atoms with Crippen molar-refractivity contribution in [3.05, 3.63) is 12.2 Å². The lowest BCUT2D eigenvalue weighted by atomic mass is 10.1. The van der Waals surface area contributed by atoms with Gasteiger partial charge in [-0.05, 0) is 39.8 Å². The first-order chi connectivity index (χ1) is 6.11. The molecule has 0 saturated heterocycles. The summed E-state index contributed by atoms with van der Waals surface area (Å²) in [5.41, 5.74) is 6.72. The van der Waals surface area contributed by atoms with Crippen molar-refractivity contribution in [3.8, 4) is 0 Å². The smallest absolute Gasteiger partial charge is 0.0190 e. The van der Waals surface area contributed by atoms with E-state index >= 15 is 0 Å². The Bertz CT molecular complexity index is 143. The molecule has 2 heteroatoms. The average molecular weight is 184 g/mol. The molecule has 0 heterocycles. The molecule has 0 fully saturated rings. The molecule has 13 heavy (non-hydrogen) atoms. The van der Waals surface area contributed by atoms with Crippen molar-refractivity contribution in [1.82, 2.24) is 4.90 Å². The minimum absolute atomic E-state index is 0.630. The second-order valence-corrected chi connectivity index (χ2v) is 3.80. The van der Waals surface area contributed by atoms with Gasteiger partial charge in [0.2, 0.25) is 0 Å². The maximum atomic E-state index is 5.48. The number of hydrogen-bond acceptors (Lipinski definition) is 2. The van der Waals surface area contributed by atoms with Gasteiger partial charge in [-0.3, -0.25) is 4.90 Å². The van der Waals surface area contributed by atoms with Gasteiger partial charge in [-0.15, -0.1) is 0 Å². The number of likely N-dealkylation sites (N-methyl/N-ethyl adjacent to an activating group) is 1. The Labute approximate surface area is 82.8 Å². The molecule has 1 atom stereocenters. The largest absolute Gasteiger partial charge is 0.330 e. The van der Waals surface area contributed by atoms with E-state index in [1.165, 1.54) is 12.0 Å². The van der Waals surface area contributed by atoms with E-state index in [-0.39, 0.29) is 0 Å². The van der Waals surface area contributed by atoms with Gasteiger partial charge in [-0.25, -0.2) is 0 Å². The van der Waals surface area contributed by atoms with Crippen LogP contribution in [-0.4, -0.2) is 30.6 Å². The summed E-state index contributed by atoms with van der Waals surface area (Å²) in [6.45, 7) is 13.4. The van der Waals surface area contributed by atoms with Gasteiger partial charge < -0.3 is 5.73 Å². The van der Waals surface area contributed by atoms with E-state index < -0.39 is 0 Å². The lowest BCUT2D eigenvalue weighted by molar-refractivity contribution is 0.225. The molecular weight excluding hydrogens is 160 g/mol. The molecule has 78 valence electrons. The molecule has 0 aliphatic rings. The Hall–Kier alpha value is -0.340. The van der Waals surface area contributed by atoms with Gasteiger partial charge in [-0.2, -0.15) is 0 Å². The zero-order chi connectivity index (χ0) is 10.3. The van der Waals surface area contributed by atoms with E-state index in [2.05, 4.69) is 32.3 Å². The summed E-state index contributed by atoms with van der Waals surface area (Å²) in [5.74, 6) is 0. The molecule has 0 spiro atoms. The van der Waals surface area contributed by atoms with Crippen LogP contribution in [0.4, 0.5) is 0 Å². The molecule has 0 aromatic rings. The zero-order valence-corrected chi connectivity index (χ0v) is 9.34.